The van der Waals surface area contributed by atoms with Crippen LogP contribution in [0.3, 0.4) is 0 Å². The first-order valence-corrected chi connectivity index (χ1v) is 5.82. The molecule has 2 rings (SSSR count). The number of amides is 1. The highest BCUT2D eigenvalue weighted by Crippen LogP contribution is 2.24. The lowest BCUT2D eigenvalue weighted by atomic mass is 10.2. The summed E-state index contributed by atoms with van der Waals surface area (Å²) in [6.45, 7) is 5.73. The van der Waals surface area contributed by atoms with Crippen LogP contribution in [0.15, 0.2) is 6.33 Å². The molecule has 1 amide bonds. The van der Waals surface area contributed by atoms with Crippen LogP contribution in [0.1, 0.15) is 42.5 Å². The fraction of sp³-hybridized carbons (Fsp3) is 0.500. The number of hydrogen-bond donors (Lipinski definition) is 1. The number of carbonyl (C=O) groups is 2. The van der Waals surface area contributed by atoms with Crippen LogP contribution in [0.4, 0.5) is 4.79 Å². The van der Waals surface area contributed by atoms with E-state index in [1.807, 2.05) is 0 Å². The molecule has 0 bridgehead atoms. The third-order valence-electron chi connectivity index (χ3n) is 2.58. The quantitative estimate of drug-likeness (QED) is 0.825. The Morgan fingerprint density at radius 2 is 2.00 bits per heavy atom. The highest BCUT2D eigenvalue weighted by Gasteiger charge is 2.31. The molecule has 19 heavy (non-hydrogen) atoms. The van der Waals surface area contributed by atoms with E-state index in [-0.39, 0.29) is 18.8 Å². The Bertz CT molecular complexity index is 536. The summed E-state index contributed by atoms with van der Waals surface area (Å²) >= 11 is 0. The third kappa shape index (κ3) is 2.81. The minimum Gasteiger partial charge on any atom is -0.476 e. The second-order valence-corrected chi connectivity index (χ2v) is 5.29. The molecule has 1 aromatic heterocycles. The highest BCUT2D eigenvalue weighted by atomic mass is 16.6. The molecule has 1 aromatic rings. The van der Waals surface area contributed by atoms with Crippen molar-refractivity contribution in [1.29, 1.82) is 0 Å². The van der Waals surface area contributed by atoms with Gasteiger partial charge in [-0.25, -0.2) is 19.6 Å². The molecule has 2 heterocycles. The molecule has 0 fully saturated rings. The highest BCUT2D eigenvalue weighted by molar-refractivity contribution is 5.87. The lowest BCUT2D eigenvalue weighted by Crippen LogP contribution is -2.33. The molecule has 0 aliphatic carbocycles. The van der Waals surface area contributed by atoms with Crippen molar-refractivity contribution in [1.82, 2.24) is 14.9 Å². The average molecular weight is 265 g/mol. The SMILES string of the molecule is CC(C)(C)OC(=O)N1Cc2ncnc(C(=O)O)c2C1. The first-order chi connectivity index (χ1) is 8.78. The van der Waals surface area contributed by atoms with Gasteiger partial charge in [-0.15, -0.1) is 0 Å². The summed E-state index contributed by atoms with van der Waals surface area (Å²) in [5.41, 5.74) is 0.378. The second kappa shape index (κ2) is 4.49. The van der Waals surface area contributed by atoms with Crippen molar-refractivity contribution in [3.63, 3.8) is 0 Å². The topological polar surface area (TPSA) is 92.6 Å². The number of aromatic carboxylic acids is 1. The number of rotatable bonds is 1. The minimum atomic E-state index is -1.12. The summed E-state index contributed by atoms with van der Waals surface area (Å²) in [4.78, 5) is 32.1. The number of carbonyl (C=O) groups excluding carboxylic acids is 1. The smallest absolute Gasteiger partial charge is 0.410 e. The summed E-state index contributed by atoms with van der Waals surface area (Å²) in [7, 11) is 0. The molecule has 0 saturated carbocycles. The molecule has 1 aliphatic rings. The van der Waals surface area contributed by atoms with Gasteiger partial charge in [-0.2, -0.15) is 0 Å². The number of hydrogen-bond acceptors (Lipinski definition) is 5. The van der Waals surface area contributed by atoms with Crippen LogP contribution in [0.25, 0.3) is 0 Å². The van der Waals surface area contributed by atoms with Crippen LogP contribution in [-0.4, -0.2) is 37.6 Å². The third-order valence-corrected chi connectivity index (χ3v) is 2.58. The Morgan fingerprint density at radius 3 is 2.58 bits per heavy atom. The zero-order valence-corrected chi connectivity index (χ0v) is 11.0. The van der Waals surface area contributed by atoms with E-state index in [0.29, 0.717) is 11.3 Å². The van der Waals surface area contributed by atoms with Gasteiger partial charge in [0.1, 0.15) is 11.9 Å². The molecule has 7 heteroatoms. The van der Waals surface area contributed by atoms with E-state index in [0.717, 1.165) is 0 Å². The van der Waals surface area contributed by atoms with Crippen LogP contribution in [0.2, 0.25) is 0 Å². The monoisotopic (exact) mass is 265 g/mol. The molecule has 0 aromatic carbocycles. The Hall–Kier alpha value is -2.18. The fourth-order valence-electron chi connectivity index (χ4n) is 1.82. The fourth-order valence-corrected chi connectivity index (χ4v) is 1.82. The lowest BCUT2D eigenvalue weighted by Gasteiger charge is -2.23. The van der Waals surface area contributed by atoms with Crippen molar-refractivity contribution in [2.24, 2.45) is 0 Å². The predicted molar refractivity (Wildman–Crippen MR) is 64.5 cm³/mol. The number of carboxylic acid groups (broad SMARTS) is 1. The standard InChI is InChI=1S/C12H15N3O4/c1-12(2,3)19-11(18)15-4-7-8(5-15)13-6-14-9(7)10(16)17/h6H,4-5H2,1-3H3,(H,16,17). The maximum absolute atomic E-state index is 11.9. The summed E-state index contributed by atoms with van der Waals surface area (Å²) in [6.07, 6.45) is 0.711. The minimum absolute atomic E-state index is 0.0592. The van der Waals surface area contributed by atoms with Crippen molar-refractivity contribution in [2.75, 3.05) is 0 Å². The van der Waals surface area contributed by atoms with Gasteiger partial charge < -0.3 is 9.84 Å². The van der Waals surface area contributed by atoms with Gasteiger partial charge in [0.2, 0.25) is 0 Å². The largest absolute Gasteiger partial charge is 0.476 e. The van der Waals surface area contributed by atoms with Gasteiger partial charge >= 0.3 is 12.1 Å². The van der Waals surface area contributed by atoms with Gasteiger partial charge in [0.25, 0.3) is 0 Å². The molecular formula is C12H15N3O4. The van der Waals surface area contributed by atoms with Gasteiger partial charge in [0, 0.05) is 5.56 Å². The van der Waals surface area contributed by atoms with Crippen LogP contribution in [-0.2, 0) is 17.8 Å². The zero-order valence-electron chi connectivity index (χ0n) is 11.0. The first-order valence-electron chi connectivity index (χ1n) is 5.82. The van der Waals surface area contributed by atoms with E-state index in [2.05, 4.69) is 9.97 Å². The Morgan fingerprint density at radius 1 is 1.32 bits per heavy atom. The molecule has 0 radical (unpaired) electrons. The van der Waals surface area contributed by atoms with E-state index < -0.39 is 17.7 Å². The van der Waals surface area contributed by atoms with Crippen LogP contribution < -0.4 is 0 Å². The first kappa shape index (κ1) is 13.3. The second-order valence-electron chi connectivity index (χ2n) is 5.29. The summed E-state index contributed by atoms with van der Waals surface area (Å²) < 4.78 is 5.24. The Labute approximate surface area is 110 Å². The van der Waals surface area contributed by atoms with E-state index in [4.69, 9.17) is 9.84 Å². The van der Waals surface area contributed by atoms with E-state index in [1.54, 1.807) is 20.8 Å². The van der Waals surface area contributed by atoms with Crippen molar-refractivity contribution >= 4 is 12.1 Å². The molecule has 0 saturated heterocycles. The van der Waals surface area contributed by atoms with E-state index in [9.17, 15) is 9.59 Å². The van der Waals surface area contributed by atoms with Gasteiger partial charge in [-0.05, 0) is 20.8 Å². The average Bonchev–Trinajstić information content (AvgIpc) is 2.69. The summed E-state index contributed by atoms with van der Waals surface area (Å²) in [5.74, 6) is -1.12. The molecule has 1 N–H and O–H groups in total. The van der Waals surface area contributed by atoms with Crippen LogP contribution in [0.5, 0.6) is 0 Å². The van der Waals surface area contributed by atoms with Gasteiger partial charge in [0.15, 0.2) is 5.69 Å². The molecule has 0 unspecified atom stereocenters. The molecule has 0 atom stereocenters. The molecule has 1 aliphatic heterocycles. The van der Waals surface area contributed by atoms with Gasteiger partial charge in [-0.3, -0.25) is 4.90 Å². The van der Waals surface area contributed by atoms with Crippen molar-refractivity contribution < 1.29 is 19.4 Å². The van der Waals surface area contributed by atoms with E-state index >= 15 is 0 Å². The molecule has 102 valence electrons. The number of fused-ring (bicyclic) bond motifs is 1. The number of aromatic nitrogens is 2. The normalized spacial score (nSPS) is 14.2. The van der Waals surface area contributed by atoms with E-state index in [1.165, 1.54) is 11.2 Å². The summed E-state index contributed by atoms with van der Waals surface area (Å²) in [5, 5.41) is 9.04. The maximum Gasteiger partial charge on any atom is 0.410 e. The van der Waals surface area contributed by atoms with Crippen LogP contribution in [0, 0.1) is 0 Å². The lowest BCUT2D eigenvalue weighted by molar-refractivity contribution is 0.0239. The van der Waals surface area contributed by atoms with Crippen molar-refractivity contribution in [3.05, 3.63) is 23.3 Å². The summed E-state index contributed by atoms with van der Waals surface area (Å²) in [6, 6.07) is 0. The number of carboxylic acids is 1. The zero-order chi connectivity index (χ0) is 14.2. The molecular weight excluding hydrogens is 250 g/mol. The van der Waals surface area contributed by atoms with Gasteiger partial charge in [0.05, 0.1) is 18.8 Å². The maximum atomic E-state index is 11.9. The molecule has 0 spiro atoms. The number of ether oxygens (including phenoxy) is 1. The Balaban J connectivity index is 2.19. The van der Waals surface area contributed by atoms with Crippen LogP contribution >= 0.6 is 0 Å². The van der Waals surface area contributed by atoms with Gasteiger partial charge in [-0.1, -0.05) is 0 Å². The molecule has 7 nitrogen and oxygen atoms in total. The predicted octanol–water partition coefficient (Wildman–Crippen LogP) is 1.43. The Kier molecular flexibility index (Phi) is 3.13. The van der Waals surface area contributed by atoms with Crippen molar-refractivity contribution in [3.8, 4) is 0 Å². The number of nitrogens with zero attached hydrogens (tertiary/aromatic N) is 3. The van der Waals surface area contributed by atoms with Crippen molar-refractivity contribution in [2.45, 2.75) is 39.5 Å².